The summed E-state index contributed by atoms with van der Waals surface area (Å²) in [5.41, 5.74) is 0.608. The fourth-order valence-corrected chi connectivity index (χ4v) is 2.48. The van der Waals surface area contributed by atoms with Crippen molar-refractivity contribution in [3.63, 3.8) is 0 Å². The third-order valence-corrected chi connectivity index (χ3v) is 3.67. The number of hydrogen-bond acceptors (Lipinski definition) is 4. The van der Waals surface area contributed by atoms with Gasteiger partial charge in [0.05, 0.1) is 17.3 Å². The van der Waals surface area contributed by atoms with Gasteiger partial charge in [0.25, 0.3) is 0 Å². The molecule has 1 N–H and O–H groups in total. The second-order valence-electron chi connectivity index (χ2n) is 5.57. The molecule has 0 saturated carbocycles. The number of halogens is 1. The smallest absolute Gasteiger partial charge is 0.303 e. The normalized spacial score (nSPS) is 11.8. The van der Waals surface area contributed by atoms with Crippen LogP contribution in [0.4, 0.5) is 4.39 Å². The van der Waals surface area contributed by atoms with Crippen LogP contribution in [-0.4, -0.2) is 29.4 Å². The topological polar surface area (TPSA) is 80.9 Å². The van der Waals surface area contributed by atoms with E-state index >= 15 is 0 Å². The molecular weight excluding hydrogens is 299 g/mol. The molecule has 0 aliphatic rings. The average Bonchev–Trinajstić information content (AvgIpc) is 3.15. The van der Waals surface area contributed by atoms with E-state index in [4.69, 9.17) is 0 Å². The summed E-state index contributed by atoms with van der Waals surface area (Å²) < 4.78 is 16.8. The molecule has 7 nitrogen and oxygen atoms in total. The van der Waals surface area contributed by atoms with Crippen LogP contribution < -0.4 is 5.69 Å². The van der Waals surface area contributed by atoms with E-state index in [1.165, 1.54) is 6.07 Å². The quantitative estimate of drug-likeness (QED) is 0.615. The van der Waals surface area contributed by atoms with Crippen LogP contribution in [0.25, 0.3) is 27.9 Å². The number of hydrogen-bond donors (Lipinski definition) is 1. The lowest BCUT2D eigenvalue weighted by atomic mass is 10.2. The molecule has 0 radical (unpaired) electrons. The molecule has 8 heteroatoms. The first kappa shape index (κ1) is 13.6. The molecule has 0 aliphatic carbocycles. The fraction of sp³-hybridized carbons (Fsp3) is 0.200. The molecule has 3 heterocycles. The van der Waals surface area contributed by atoms with E-state index in [0.29, 0.717) is 22.4 Å². The molecule has 0 saturated heterocycles. The third-order valence-electron chi connectivity index (χ3n) is 3.67. The van der Waals surface area contributed by atoms with Gasteiger partial charge in [0.1, 0.15) is 5.82 Å². The Balaban J connectivity index is 2.00. The highest BCUT2D eigenvalue weighted by atomic mass is 19.1. The van der Waals surface area contributed by atoms with Crippen molar-refractivity contribution in [1.29, 1.82) is 0 Å². The van der Waals surface area contributed by atoms with Gasteiger partial charge in [0.15, 0.2) is 11.5 Å². The Morgan fingerprint density at radius 2 is 2.13 bits per heavy atom. The average molecular weight is 312 g/mol. The molecule has 4 aromatic rings. The largest absolute Gasteiger partial charge is 0.348 e. The summed E-state index contributed by atoms with van der Waals surface area (Å²) in [4.78, 5) is 19.0. The molecule has 0 atom stereocenters. The van der Waals surface area contributed by atoms with Crippen LogP contribution in [0.2, 0.25) is 0 Å². The van der Waals surface area contributed by atoms with Gasteiger partial charge in [-0.15, -0.1) is 5.10 Å². The molecule has 0 fully saturated rings. The minimum Gasteiger partial charge on any atom is -0.303 e. The highest BCUT2D eigenvalue weighted by Gasteiger charge is 2.15. The van der Waals surface area contributed by atoms with E-state index in [1.54, 1.807) is 23.0 Å². The summed E-state index contributed by atoms with van der Waals surface area (Å²) in [5.74, 6) is -0.126. The zero-order chi connectivity index (χ0) is 16.1. The van der Waals surface area contributed by atoms with E-state index in [-0.39, 0.29) is 11.6 Å². The van der Waals surface area contributed by atoms with Crippen LogP contribution in [0, 0.1) is 5.82 Å². The number of aromatic nitrogens is 6. The van der Waals surface area contributed by atoms with Crippen molar-refractivity contribution >= 4 is 16.6 Å². The maximum atomic E-state index is 13.9. The SMILES string of the molecule is CC(C)n1cc(-c2nc3c4cccc(F)c4[nH]c(=O)n3n2)cn1. The monoisotopic (exact) mass is 312 g/mol. The highest BCUT2D eigenvalue weighted by molar-refractivity contribution is 5.91. The van der Waals surface area contributed by atoms with Crippen LogP contribution >= 0.6 is 0 Å². The molecule has 0 aliphatic heterocycles. The Bertz CT molecular complexity index is 1090. The first-order chi connectivity index (χ1) is 11.0. The first-order valence-corrected chi connectivity index (χ1v) is 7.16. The molecule has 3 aromatic heterocycles. The van der Waals surface area contributed by atoms with Gasteiger partial charge in [-0.1, -0.05) is 6.07 Å². The summed E-state index contributed by atoms with van der Waals surface area (Å²) >= 11 is 0. The lowest BCUT2D eigenvalue weighted by Crippen LogP contribution is -2.17. The molecule has 1 aromatic carbocycles. The van der Waals surface area contributed by atoms with Crippen LogP contribution in [0.5, 0.6) is 0 Å². The molecule has 0 unspecified atom stereocenters. The van der Waals surface area contributed by atoms with Crippen LogP contribution in [-0.2, 0) is 0 Å². The minimum absolute atomic E-state index is 0.127. The standard InChI is InChI=1S/C15H13FN6O/c1-8(2)21-7-9(6-17-21)13-19-14-10-4-3-5-11(16)12(10)18-15(23)22(14)20-13/h3-8H,1-2H3,(H,18,23). The molecule has 4 rings (SSSR count). The maximum absolute atomic E-state index is 13.9. The lowest BCUT2D eigenvalue weighted by molar-refractivity contribution is 0.532. The number of rotatable bonds is 2. The van der Waals surface area contributed by atoms with Gasteiger partial charge in [-0.2, -0.15) is 9.61 Å². The predicted molar refractivity (Wildman–Crippen MR) is 82.7 cm³/mol. The van der Waals surface area contributed by atoms with Crippen molar-refractivity contribution in [3.8, 4) is 11.4 Å². The third kappa shape index (κ3) is 2.02. The molecule has 0 bridgehead atoms. The molecule has 23 heavy (non-hydrogen) atoms. The van der Waals surface area contributed by atoms with Crippen LogP contribution in [0.3, 0.4) is 0 Å². The van der Waals surface area contributed by atoms with Gasteiger partial charge in [-0.3, -0.25) is 4.68 Å². The van der Waals surface area contributed by atoms with E-state index in [1.807, 2.05) is 20.0 Å². The Labute approximate surface area is 129 Å². The van der Waals surface area contributed by atoms with Crippen molar-refractivity contribution in [2.75, 3.05) is 0 Å². The van der Waals surface area contributed by atoms with Gasteiger partial charge in [0.2, 0.25) is 0 Å². The summed E-state index contributed by atoms with van der Waals surface area (Å²) in [6.45, 7) is 4.02. The zero-order valence-electron chi connectivity index (χ0n) is 12.5. The molecular formula is C15H13FN6O. The Kier molecular flexibility index (Phi) is 2.80. The fourth-order valence-electron chi connectivity index (χ4n) is 2.48. The number of nitrogens with one attached hydrogen (secondary N) is 1. The molecule has 0 amide bonds. The Hall–Kier alpha value is -3.03. The van der Waals surface area contributed by atoms with Crippen LogP contribution in [0.1, 0.15) is 19.9 Å². The van der Waals surface area contributed by atoms with Crippen molar-refractivity contribution in [1.82, 2.24) is 29.4 Å². The predicted octanol–water partition coefficient (Wildman–Crippen LogP) is 2.15. The van der Waals surface area contributed by atoms with E-state index in [0.717, 1.165) is 4.52 Å². The molecule has 116 valence electrons. The number of H-pyrrole nitrogens is 1. The number of para-hydroxylation sites is 1. The summed E-state index contributed by atoms with van der Waals surface area (Å²) in [5, 5.41) is 8.96. The Morgan fingerprint density at radius 3 is 2.87 bits per heavy atom. The second-order valence-corrected chi connectivity index (χ2v) is 5.57. The first-order valence-electron chi connectivity index (χ1n) is 7.16. The number of aromatic amines is 1. The van der Waals surface area contributed by atoms with Gasteiger partial charge in [-0.25, -0.2) is 14.2 Å². The van der Waals surface area contributed by atoms with E-state index in [9.17, 15) is 9.18 Å². The van der Waals surface area contributed by atoms with Crippen molar-refractivity contribution in [3.05, 3.63) is 46.9 Å². The van der Waals surface area contributed by atoms with Crippen molar-refractivity contribution in [2.45, 2.75) is 19.9 Å². The van der Waals surface area contributed by atoms with Gasteiger partial charge in [-0.05, 0) is 26.0 Å². The summed E-state index contributed by atoms with van der Waals surface area (Å²) in [6, 6.07) is 4.76. The van der Waals surface area contributed by atoms with E-state index in [2.05, 4.69) is 20.2 Å². The Morgan fingerprint density at radius 1 is 1.30 bits per heavy atom. The van der Waals surface area contributed by atoms with Crippen LogP contribution in [0.15, 0.2) is 35.4 Å². The number of nitrogens with zero attached hydrogens (tertiary/aromatic N) is 5. The minimum atomic E-state index is -0.535. The maximum Gasteiger partial charge on any atom is 0.348 e. The van der Waals surface area contributed by atoms with E-state index < -0.39 is 11.5 Å². The van der Waals surface area contributed by atoms with Crippen molar-refractivity contribution in [2.24, 2.45) is 0 Å². The molecule has 0 spiro atoms. The number of benzene rings is 1. The second kappa shape index (κ2) is 4.73. The summed E-state index contributed by atoms with van der Waals surface area (Å²) in [6.07, 6.45) is 3.46. The lowest BCUT2D eigenvalue weighted by Gasteiger charge is -2.02. The van der Waals surface area contributed by atoms with Gasteiger partial charge in [0, 0.05) is 17.6 Å². The highest BCUT2D eigenvalue weighted by Crippen LogP contribution is 2.21. The van der Waals surface area contributed by atoms with Gasteiger partial charge >= 0.3 is 5.69 Å². The van der Waals surface area contributed by atoms with Crippen molar-refractivity contribution < 1.29 is 4.39 Å². The summed E-state index contributed by atoms with van der Waals surface area (Å²) in [7, 11) is 0. The van der Waals surface area contributed by atoms with Gasteiger partial charge < -0.3 is 4.98 Å². The number of fused-ring (bicyclic) bond motifs is 3. The zero-order valence-corrected chi connectivity index (χ0v) is 12.5.